The average Bonchev–Trinajstić information content (AvgIpc) is 2.37. The molecule has 0 aromatic heterocycles. The highest BCUT2D eigenvalue weighted by atomic mass is 32.3. The second-order valence-electron chi connectivity index (χ2n) is 2.32. The molecule has 2 aliphatic heterocycles. The van der Waals surface area contributed by atoms with E-state index >= 15 is 0 Å². The molecule has 0 radical (unpaired) electrons. The molecule has 8 nitrogen and oxygen atoms in total. The van der Waals surface area contributed by atoms with Crippen LogP contribution in [0, 0.1) is 0 Å². The topological polar surface area (TPSA) is 126 Å². The number of hydrogen-bond acceptors (Lipinski definition) is 8. The van der Waals surface area contributed by atoms with Gasteiger partial charge >= 0.3 is 22.2 Å². The summed E-state index contributed by atoms with van der Waals surface area (Å²) in [6, 6.07) is 0. The van der Waals surface area contributed by atoms with Crippen molar-refractivity contribution in [1.82, 2.24) is 0 Å². The standard InChI is InChI=1S/C3H4O8S/c4-1-2(5,9-1)3(6)10-12(7,8)11-3/h1,4-6H. The quantitative estimate of drug-likeness (QED) is 0.381. The van der Waals surface area contributed by atoms with E-state index in [1.807, 2.05) is 0 Å². The third-order valence-corrected chi connectivity index (χ3v) is 2.31. The normalized spacial score (nSPS) is 48.1. The minimum absolute atomic E-state index is 1.72. The fourth-order valence-electron chi connectivity index (χ4n) is 0.769. The van der Waals surface area contributed by atoms with E-state index < -0.39 is 28.4 Å². The molecule has 2 heterocycles. The van der Waals surface area contributed by atoms with Crippen LogP contribution in [-0.2, 0) is 23.5 Å². The van der Waals surface area contributed by atoms with E-state index in [1.54, 1.807) is 0 Å². The number of epoxide rings is 1. The molecule has 2 saturated heterocycles. The molecule has 9 heteroatoms. The van der Waals surface area contributed by atoms with Crippen molar-refractivity contribution in [2.45, 2.75) is 18.1 Å². The largest absolute Gasteiger partial charge is 0.409 e. The Morgan fingerprint density at radius 2 is 1.67 bits per heavy atom. The Kier molecular flexibility index (Phi) is 1.24. The van der Waals surface area contributed by atoms with Gasteiger partial charge in [-0.1, -0.05) is 0 Å². The smallest absolute Gasteiger partial charge is 0.363 e. The van der Waals surface area contributed by atoms with Gasteiger partial charge in [0.25, 0.3) is 0 Å². The Bertz CT molecular complexity index is 307. The Labute approximate surface area is 66.2 Å². The zero-order valence-corrected chi connectivity index (χ0v) is 6.18. The zero-order chi connectivity index (χ0) is 9.20. The van der Waals surface area contributed by atoms with Crippen molar-refractivity contribution in [3.05, 3.63) is 0 Å². The summed E-state index contributed by atoms with van der Waals surface area (Å²) in [5, 5.41) is 26.5. The number of aliphatic hydroxyl groups excluding tert-OH is 1. The van der Waals surface area contributed by atoms with E-state index in [1.165, 1.54) is 0 Å². The fourth-order valence-corrected chi connectivity index (χ4v) is 1.57. The molecular formula is C3H4O8S. The van der Waals surface area contributed by atoms with Gasteiger partial charge in [-0.25, -0.2) is 0 Å². The van der Waals surface area contributed by atoms with Crippen molar-refractivity contribution >= 4 is 10.4 Å². The monoisotopic (exact) mass is 200 g/mol. The molecule has 0 amide bonds. The molecule has 12 heavy (non-hydrogen) atoms. The Morgan fingerprint density at radius 1 is 1.25 bits per heavy atom. The van der Waals surface area contributed by atoms with Crippen LogP contribution in [0.15, 0.2) is 0 Å². The lowest BCUT2D eigenvalue weighted by Crippen LogP contribution is -2.61. The van der Waals surface area contributed by atoms with Gasteiger partial charge in [-0.05, 0) is 0 Å². The summed E-state index contributed by atoms with van der Waals surface area (Å²) in [7, 11) is -4.26. The van der Waals surface area contributed by atoms with Gasteiger partial charge in [-0.3, -0.25) is 0 Å². The van der Waals surface area contributed by atoms with Gasteiger partial charge in [-0.15, -0.1) is 0 Å². The number of rotatable bonds is 1. The average molecular weight is 200 g/mol. The van der Waals surface area contributed by atoms with Crippen LogP contribution in [0.5, 0.6) is 0 Å². The van der Waals surface area contributed by atoms with Gasteiger partial charge in [0.2, 0.25) is 6.29 Å². The zero-order valence-electron chi connectivity index (χ0n) is 5.37. The molecule has 0 aromatic rings. The van der Waals surface area contributed by atoms with Crippen molar-refractivity contribution in [1.29, 1.82) is 0 Å². The summed E-state index contributed by atoms with van der Waals surface area (Å²) in [4.78, 5) is 0. The van der Waals surface area contributed by atoms with Crippen LogP contribution in [0.1, 0.15) is 0 Å². The molecule has 0 bridgehead atoms. The first-order chi connectivity index (χ1) is 5.29. The van der Waals surface area contributed by atoms with E-state index in [4.69, 9.17) is 15.3 Å². The molecule has 0 saturated carbocycles. The first kappa shape index (κ1) is 8.31. The minimum atomic E-state index is -4.26. The molecule has 2 fully saturated rings. The van der Waals surface area contributed by atoms with E-state index in [9.17, 15) is 8.42 Å². The lowest BCUT2D eigenvalue weighted by molar-refractivity contribution is -0.397. The molecule has 2 atom stereocenters. The summed E-state index contributed by atoms with van der Waals surface area (Å²) in [5.74, 6) is -5.34. The van der Waals surface area contributed by atoms with Crippen molar-refractivity contribution in [2.24, 2.45) is 0 Å². The van der Waals surface area contributed by atoms with Crippen LogP contribution in [0.3, 0.4) is 0 Å². The van der Waals surface area contributed by atoms with Gasteiger partial charge in [0.15, 0.2) is 0 Å². The van der Waals surface area contributed by atoms with Crippen LogP contribution in [0.4, 0.5) is 0 Å². The van der Waals surface area contributed by atoms with E-state index in [0.29, 0.717) is 0 Å². The molecule has 2 aliphatic rings. The molecule has 2 unspecified atom stereocenters. The number of aliphatic hydroxyl groups is 3. The first-order valence-electron chi connectivity index (χ1n) is 2.76. The van der Waals surface area contributed by atoms with Crippen LogP contribution in [-0.4, -0.2) is 41.8 Å². The maximum atomic E-state index is 10.2. The summed E-state index contributed by atoms with van der Waals surface area (Å²) in [5.41, 5.74) is 0. The third kappa shape index (κ3) is 0.835. The minimum Gasteiger partial charge on any atom is -0.363 e. The Morgan fingerprint density at radius 3 is 1.92 bits per heavy atom. The molecule has 70 valence electrons. The van der Waals surface area contributed by atoms with Gasteiger partial charge in [0.1, 0.15) is 0 Å². The molecular weight excluding hydrogens is 196 g/mol. The Hall–Kier alpha value is -0.290. The predicted octanol–water partition coefficient (Wildman–Crippen LogP) is -3.04. The SMILES string of the molecule is O=S1(=O)OC(O)(C2(O)OC2O)O1. The van der Waals surface area contributed by atoms with Crippen LogP contribution >= 0.6 is 0 Å². The highest BCUT2D eigenvalue weighted by molar-refractivity contribution is 7.82. The van der Waals surface area contributed by atoms with Crippen LogP contribution in [0.25, 0.3) is 0 Å². The summed E-state index contributed by atoms with van der Waals surface area (Å²) < 4.78 is 32.1. The second kappa shape index (κ2) is 1.80. The predicted molar refractivity (Wildman–Crippen MR) is 28.1 cm³/mol. The summed E-state index contributed by atoms with van der Waals surface area (Å²) in [6.45, 7) is 0. The van der Waals surface area contributed by atoms with Gasteiger partial charge in [0, 0.05) is 0 Å². The summed E-state index contributed by atoms with van der Waals surface area (Å²) >= 11 is 0. The maximum absolute atomic E-state index is 10.2. The van der Waals surface area contributed by atoms with Crippen molar-refractivity contribution < 1.29 is 36.8 Å². The van der Waals surface area contributed by atoms with E-state index in [0.717, 1.165) is 0 Å². The summed E-state index contributed by atoms with van der Waals surface area (Å²) in [6.07, 6.45) is -1.72. The highest BCUT2D eigenvalue weighted by Gasteiger charge is 2.79. The van der Waals surface area contributed by atoms with Gasteiger partial charge in [0.05, 0.1) is 0 Å². The molecule has 0 aliphatic carbocycles. The van der Waals surface area contributed by atoms with E-state index in [-0.39, 0.29) is 0 Å². The van der Waals surface area contributed by atoms with Crippen LogP contribution in [0.2, 0.25) is 0 Å². The highest BCUT2D eigenvalue weighted by Crippen LogP contribution is 2.49. The lowest BCUT2D eigenvalue weighted by Gasteiger charge is -2.34. The number of ether oxygens (including phenoxy) is 1. The molecule has 2 rings (SSSR count). The van der Waals surface area contributed by atoms with Gasteiger partial charge < -0.3 is 20.1 Å². The van der Waals surface area contributed by atoms with Crippen molar-refractivity contribution in [3.63, 3.8) is 0 Å². The fraction of sp³-hybridized carbons (Fsp3) is 1.00. The lowest BCUT2D eigenvalue weighted by atomic mass is 10.3. The first-order valence-corrected chi connectivity index (χ1v) is 4.09. The molecule has 0 aromatic carbocycles. The van der Waals surface area contributed by atoms with Crippen molar-refractivity contribution in [2.75, 3.05) is 0 Å². The molecule has 0 spiro atoms. The van der Waals surface area contributed by atoms with Crippen LogP contribution < -0.4 is 0 Å². The van der Waals surface area contributed by atoms with Crippen molar-refractivity contribution in [3.8, 4) is 0 Å². The number of hydrogen-bond donors (Lipinski definition) is 3. The third-order valence-electron chi connectivity index (χ3n) is 1.45. The van der Waals surface area contributed by atoms with E-state index in [2.05, 4.69) is 13.1 Å². The Balaban J connectivity index is 2.18. The maximum Gasteiger partial charge on any atom is 0.409 e. The second-order valence-corrected chi connectivity index (χ2v) is 3.47. The molecule has 3 N–H and O–H groups in total. The van der Waals surface area contributed by atoms with Gasteiger partial charge in [-0.2, -0.15) is 16.8 Å².